The van der Waals surface area contributed by atoms with Gasteiger partial charge in [0.15, 0.2) is 0 Å². The molecule has 1 N–H and O–H groups in total. The molecule has 118 valence electrons. The van der Waals surface area contributed by atoms with Crippen molar-refractivity contribution in [2.75, 3.05) is 4.72 Å². The average Bonchev–Trinajstić information content (AvgIpc) is 2.40. The Balaban J connectivity index is 2.17. The summed E-state index contributed by atoms with van der Waals surface area (Å²) >= 11 is 0. The topological polar surface area (TPSA) is 55.4 Å². The number of hydrogen-bond donors (Lipinski definition) is 1. The molecule has 2 aromatic rings. The van der Waals surface area contributed by atoms with Crippen molar-refractivity contribution in [3.63, 3.8) is 0 Å². The van der Waals surface area contributed by atoms with E-state index in [0.29, 0.717) is 5.69 Å². The molecule has 0 aliphatic carbocycles. The first-order valence-corrected chi connectivity index (χ1v) is 7.59. The van der Waals surface area contributed by atoms with Gasteiger partial charge in [-0.3, -0.25) is 4.72 Å². The van der Waals surface area contributed by atoms with Gasteiger partial charge in [-0.1, -0.05) is 17.7 Å². The van der Waals surface area contributed by atoms with Crippen LogP contribution in [0.1, 0.15) is 5.56 Å². The van der Waals surface area contributed by atoms with E-state index in [4.69, 9.17) is 0 Å². The van der Waals surface area contributed by atoms with E-state index < -0.39 is 22.1 Å². The summed E-state index contributed by atoms with van der Waals surface area (Å²) in [5.41, 5.74) is 1.33. The molecule has 0 bridgehead atoms. The summed E-state index contributed by atoms with van der Waals surface area (Å²) in [4.78, 5) is -0.164. The maximum Gasteiger partial charge on any atom is 0.573 e. The second-order valence-electron chi connectivity index (χ2n) is 4.49. The molecular formula is C14H12F3NO3S. The van der Waals surface area contributed by atoms with Gasteiger partial charge >= 0.3 is 6.36 Å². The molecule has 0 saturated heterocycles. The summed E-state index contributed by atoms with van der Waals surface area (Å²) in [6.07, 6.45) is -4.82. The molecule has 4 nitrogen and oxygen atoms in total. The minimum Gasteiger partial charge on any atom is -0.406 e. The summed E-state index contributed by atoms with van der Waals surface area (Å²) in [6.45, 7) is 1.86. The third-order valence-electron chi connectivity index (χ3n) is 2.67. The van der Waals surface area contributed by atoms with Gasteiger partial charge in [-0.2, -0.15) is 0 Å². The molecule has 0 amide bonds. The van der Waals surface area contributed by atoms with Crippen LogP contribution in [0.5, 0.6) is 5.75 Å². The second-order valence-corrected chi connectivity index (χ2v) is 6.17. The predicted octanol–water partition coefficient (Wildman–Crippen LogP) is 3.69. The molecule has 22 heavy (non-hydrogen) atoms. The fraction of sp³-hybridized carbons (Fsp3) is 0.143. The van der Waals surface area contributed by atoms with Gasteiger partial charge in [-0.25, -0.2) is 8.42 Å². The lowest BCUT2D eigenvalue weighted by atomic mass is 10.2. The normalized spacial score (nSPS) is 12.0. The molecule has 8 heteroatoms. The molecular weight excluding hydrogens is 319 g/mol. The quantitative estimate of drug-likeness (QED) is 0.929. The first kappa shape index (κ1) is 16.2. The molecule has 0 atom stereocenters. The molecule has 2 aromatic carbocycles. The van der Waals surface area contributed by atoms with Crippen LogP contribution < -0.4 is 9.46 Å². The lowest BCUT2D eigenvalue weighted by molar-refractivity contribution is -0.274. The van der Waals surface area contributed by atoms with Crippen LogP contribution in [0.3, 0.4) is 0 Å². The maximum atomic E-state index is 12.1. The van der Waals surface area contributed by atoms with Crippen LogP contribution in [0.25, 0.3) is 0 Å². The maximum absolute atomic E-state index is 12.1. The monoisotopic (exact) mass is 331 g/mol. The van der Waals surface area contributed by atoms with Crippen molar-refractivity contribution in [3.8, 4) is 5.75 Å². The summed E-state index contributed by atoms with van der Waals surface area (Å²) in [7, 11) is -3.87. The Morgan fingerprint density at radius 3 is 2.00 bits per heavy atom. The van der Waals surface area contributed by atoms with E-state index in [2.05, 4.69) is 9.46 Å². The van der Waals surface area contributed by atoms with Crippen molar-refractivity contribution in [1.29, 1.82) is 0 Å². The van der Waals surface area contributed by atoms with Crippen LogP contribution in [0.4, 0.5) is 18.9 Å². The molecule has 0 unspecified atom stereocenters. The lowest BCUT2D eigenvalue weighted by Gasteiger charge is -2.11. The zero-order chi connectivity index (χ0) is 16.4. The van der Waals surface area contributed by atoms with Crippen LogP contribution in [-0.2, 0) is 10.0 Å². The van der Waals surface area contributed by atoms with E-state index >= 15 is 0 Å². The highest BCUT2D eigenvalue weighted by molar-refractivity contribution is 7.92. The van der Waals surface area contributed by atoms with Gasteiger partial charge in [-0.15, -0.1) is 13.2 Å². The van der Waals surface area contributed by atoms with Crippen molar-refractivity contribution in [3.05, 3.63) is 54.1 Å². The highest BCUT2D eigenvalue weighted by Gasteiger charge is 2.31. The van der Waals surface area contributed by atoms with Gasteiger partial charge in [0, 0.05) is 5.69 Å². The summed E-state index contributed by atoms with van der Waals surface area (Å²) in [5.74, 6) is -0.484. The Hall–Kier alpha value is -2.22. The van der Waals surface area contributed by atoms with E-state index in [1.807, 2.05) is 6.92 Å². The lowest BCUT2D eigenvalue weighted by Crippen LogP contribution is -2.17. The van der Waals surface area contributed by atoms with Crippen molar-refractivity contribution in [2.45, 2.75) is 18.2 Å². The number of nitrogens with one attached hydrogen (secondary N) is 1. The van der Waals surface area contributed by atoms with Crippen LogP contribution in [0, 0.1) is 6.92 Å². The molecule has 0 aromatic heterocycles. The third kappa shape index (κ3) is 4.39. The zero-order valence-corrected chi connectivity index (χ0v) is 12.2. The molecule has 0 heterocycles. The van der Waals surface area contributed by atoms with Crippen LogP contribution in [0.15, 0.2) is 53.4 Å². The smallest absolute Gasteiger partial charge is 0.406 e. The van der Waals surface area contributed by atoms with Crippen LogP contribution in [0.2, 0.25) is 0 Å². The van der Waals surface area contributed by atoms with E-state index in [9.17, 15) is 21.6 Å². The minimum atomic E-state index is -4.82. The number of alkyl halides is 3. The molecule has 0 fully saturated rings. The molecule has 2 rings (SSSR count). The number of halogens is 3. The Labute approximate surface area is 125 Å². The van der Waals surface area contributed by atoms with Crippen molar-refractivity contribution < 1.29 is 26.3 Å². The number of ether oxygens (including phenoxy) is 1. The van der Waals surface area contributed by atoms with Crippen molar-refractivity contribution >= 4 is 15.7 Å². The van der Waals surface area contributed by atoms with E-state index in [1.165, 1.54) is 0 Å². The van der Waals surface area contributed by atoms with Crippen molar-refractivity contribution in [1.82, 2.24) is 0 Å². The number of anilines is 1. The van der Waals surface area contributed by atoms with Crippen LogP contribution in [-0.4, -0.2) is 14.8 Å². The number of hydrogen-bond acceptors (Lipinski definition) is 3. The Kier molecular flexibility index (Phi) is 4.32. The molecule has 0 saturated carbocycles. The third-order valence-corrected chi connectivity index (χ3v) is 4.07. The van der Waals surface area contributed by atoms with Gasteiger partial charge in [0.25, 0.3) is 10.0 Å². The van der Waals surface area contributed by atoms with E-state index in [-0.39, 0.29) is 4.90 Å². The SMILES string of the molecule is Cc1ccc(NS(=O)(=O)c2ccc(OC(F)(F)F)cc2)cc1. The average molecular weight is 331 g/mol. The highest BCUT2D eigenvalue weighted by atomic mass is 32.2. The van der Waals surface area contributed by atoms with Gasteiger partial charge in [0.1, 0.15) is 5.75 Å². The summed E-state index contributed by atoms with van der Waals surface area (Å²) in [6, 6.07) is 10.6. The van der Waals surface area contributed by atoms with Gasteiger partial charge < -0.3 is 4.74 Å². The van der Waals surface area contributed by atoms with E-state index in [1.54, 1.807) is 24.3 Å². The number of aryl methyl sites for hydroxylation is 1. The number of benzene rings is 2. The Morgan fingerprint density at radius 2 is 1.50 bits per heavy atom. The summed E-state index contributed by atoms with van der Waals surface area (Å²) in [5, 5.41) is 0. The van der Waals surface area contributed by atoms with Crippen molar-refractivity contribution in [2.24, 2.45) is 0 Å². The molecule has 0 aliphatic heterocycles. The largest absolute Gasteiger partial charge is 0.573 e. The number of rotatable bonds is 4. The van der Waals surface area contributed by atoms with E-state index in [0.717, 1.165) is 29.8 Å². The second kappa shape index (κ2) is 5.88. The molecule has 0 radical (unpaired) electrons. The first-order chi connectivity index (χ1) is 10.2. The minimum absolute atomic E-state index is 0.164. The number of sulfonamides is 1. The van der Waals surface area contributed by atoms with Gasteiger partial charge in [-0.05, 0) is 43.3 Å². The van der Waals surface area contributed by atoms with Gasteiger partial charge in [0.2, 0.25) is 0 Å². The Morgan fingerprint density at radius 1 is 0.955 bits per heavy atom. The fourth-order valence-electron chi connectivity index (χ4n) is 1.66. The first-order valence-electron chi connectivity index (χ1n) is 6.11. The molecule has 0 aliphatic rings. The van der Waals surface area contributed by atoms with Gasteiger partial charge in [0.05, 0.1) is 4.90 Å². The standard InChI is InChI=1S/C14H12F3NO3S/c1-10-2-4-11(5-3-10)18-22(19,20)13-8-6-12(7-9-13)21-14(15,16)17/h2-9,18H,1H3. The highest BCUT2D eigenvalue weighted by Crippen LogP contribution is 2.24. The fourth-order valence-corrected chi connectivity index (χ4v) is 2.71. The molecule has 0 spiro atoms. The zero-order valence-electron chi connectivity index (χ0n) is 11.4. The van der Waals surface area contributed by atoms with Crippen LogP contribution >= 0.6 is 0 Å². The summed E-state index contributed by atoms with van der Waals surface area (Å²) < 4.78 is 66.4. The predicted molar refractivity (Wildman–Crippen MR) is 75.1 cm³/mol. The Bertz CT molecular complexity index is 738.